The number of hydrogen-bond donors (Lipinski definition) is 1. The molecular weight excluding hydrogens is 318 g/mol. The van der Waals surface area contributed by atoms with E-state index in [9.17, 15) is 9.90 Å². The van der Waals surface area contributed by atoms with Crippen LogP contribution < -0.4 is 4.74 Å². The second-order valence-electron chi connectivity index (χ2n) is 6.43. The van der Waals surface area contributed by atoms with Gasteiger partial charge in [-0.15, -0.1) is 0 Å². The molecule has 0 saturated carbocycles. The number of carboxylic acid groups (broad SMARTS) is 1. The van der Waals surface area contributed by atoms with Crippen molar-refractivity contribution in [1.82, 2.24) is 14.8 Å². The van der Waals surface area contributed by atoms with Gasteiger partial charge in [0, 0.05) is 11.6 Å². The van der Waals surface area contributed by atoms with Crippen molar-refractivity contribution in [2.45, 2.75) is 25.8 Å². The second-order valence-corrected chi connectivity index (χ2v) is 6.43. The Bertz CT molecular complexity index is 931. The van der Waals surface area contributed by atoms with E-state index in [0.29, 0.717) is 19.4 Å². The van der Waals surface area contributed by atoms with Gasteiger partial charge in [-0.05, 0) is 48.1 Å². The molecule has 0 amide bonds. The van der Waals surface area contributed by atoms with Gasteiger partial charge in [-0.1, -0.05) is 12.1 Å². The molecule has 2 heterocycles. The van der Waals surface area contributed by atoms with Crippen LogP contribution in [0.1, 0.15) is 23.1 Å². The van der Waals surface area contributed by atoms with E-state index in [2.05, 4.69) is 10.1 Å². The lowest BCUT2D eigenvalue weighted by Gasteiger charge is -2.21. The van der Waals surface area contributed by atoms with Crippen LogP contribution in [0.15, 0.2) is 36.7 Å². The van der Waals surface area contributed by atoms with E-state index in [-0.39, 0.29) is 5.92 Å². The van der Waals surface area contributed by atoms with Crippen LogP contribution in [0.3, 0.4) is 0 Å². The monoisotopic (exact) mass is 337 g/mol. The molecule has 0 radical (unpaired) electrons. The van der Waals surface area contributed by atoms with Crippen molar-refractivity contribution in [3.05, 3.63) is 53.3 Å². The molecule has 1 atom stereocenters. The number of aryl methyl sites for hydroxylation is 1. The van der Waals surface area contributed by atoms with E-state index >= 15 is 0 Å². The average Bonchev–Trinajstić information content (AvgIpc) is 3.05. The van der Waals surface area contributed by atoms with Gasteiger partial charge < -0.3 is 9.84 Å². The van der Waals surface area contributed by atoms with E-state index in [1.807, 2.05) is 41.3 Å². The zero-order valence-electron chi connectivity index (χ0n) is 14.0. The van der Waals surface area contributed by atoms with Crippen LogP contribution in [0, 0.1) is 5.92 Å². The molecule has 0 bridgehead atoms. The molecule has 0 aliphatic heterocycles. The quantitative estimate of drug-likeness (QED) is 0.792. The zero-order chi connectivity index (χ0) is 17.4. The van der Waals surface area contributed by atoms with Crippen LogP contribution in [-0.4, -0.2) is 33.0 Å². The lowest BCUT2D eigenvalue weighted by atomic mass is 9.84. The third-order valence-electron chi connectivity index (χ3n) is 4.92. The summed E-state index contributed by atoms with van der Waals surface area (Å²) in [7, 11) is 1.65. The first-order valence-corrected chi connectivity index (χ1v) is 8.33. The molecule has 6 heteroatoms. The Hall–Kier alpha value is -2.89. The van der Waals surface area contributed by atoms with Crippen LogP contribution >= 0.6 is 0 Å². The highest BCUT2D eigenvalue weighted by Gasteiger charge is 2.26. The third-order valence-corrected chi connectivity index (χ3v) is 4.92. The molecule has 0 fully saturated rings. The molecule has 0 spiro atoms. The Balaban J connectivity index is 1.65. The van der Waals surface area contributed by atoms with Crippen molar-refractivity contribution in [1.29, 1.82) is 0 Å². The number of nitrogens with zero attached hydrogens (tertiary/aromatic N) is 3. The van der Waals surface area contributed by atoms with Crippen molar-refractivity contribution in [3.8, 4) is 5.75 Å². The minimum atomic E-state index is -0.721. The fourth-order valence-corrected chi connectivity index (χ4v) is 3.51. The minimum absolute atomic E-state index is 0.305. The molecule has 1 unspecified atom stereocenters. The van der Waals surface area contributed by atoms with Crippen LogP contribution in [0.25, 0.3) is 11.0 Å². The van der Waals surface area contributed by atoms with Gasteiger partial charge in [0.2, 0.25) is 0 Å². The normalized spacial score (nSPS) is 16.6. The van der Waals surface area contributed by atoms with Crippen LogP contribution in [0.4, 0.5) is 0 Å². The summed E-state index contributed by atoms with van der Waals surface area (Å²) < 4.78 is 7.08. The number of aromatic nitrogens is 3. The summed E-state index contributed by atoms with van der Waals surface area (Å²) in [5.41, 5.74) is 4.21. The minimum Gasteiger partial charge on any atom is -0.497 e. The lowest BCUT2D eigenvalue weighted by molar-refractivity contribution is -0.142. The van der Waals surface area contributed by atoms with Gasteiger partial charge in [-0.3, -0.25) is 4.79 Å². The van der Waals surface area contributed by atoms with Gasteiger partial charge in [0.1, 0.15) is 5.75 Å². The molecule has 2 aromatic heterocycles. The summed E-state index contributed by atoms with van der Waals surface area (Å²) in [6, 6.07) is 7.90. The summed E-state index contributed by atoms with van der Waals surface area (Å²) in [5.74, 6) is -0.198. The second kappa shape index (κ2) is 6.20. The molecule has 128 valence electrons. The zero-order valence-corrected chi connectivity index (χ0v) is 14.0. The third kappa shape index (κ3) is 2.84. The van der Waals surface area contributed by atoms with E-state index in [0.717, 1.165) is 34.3 Å². The maximum Gasteiger partial charge on any atom is 0.306 e. The maximum absolute atomic E-state index is 11.2. The first-order chi connectivity index (χ1) is 12.2. The molecule has 0 saturated heterocycles. The molecule has 1 aliphatic rings. The summed E-state index contributed by atoms with van der Waals surface area (Å²) in [6.45, 7) is 0.636. The maximum atomic E-state index is 11.2. The van der Waals surface area contributed by atoms with Gasteiger partial charge in [-0.25, -0.2) is 9.67 Å². The first-order valence-electron chi connectivity index (χ1n) is 8.33. The Morgan fingerprint density at radius 2 is 2.12 bits per heavy atom. The Morgan fingerprint density at radius 1 is 1.32 bits per heavy atom. The largest absolute Gasteiger partial charge is 0.497 e. The Kier molecular flexibility index (Phi) is 3.87. The van der Waals surface area contributed by atoms with Gasteiger partial charge in [-0.2, -0.15) is 5.10 Å². The smallest absolute Gasteiger partial charge is 0.306 e. The predicted molar refractivity (Wildman–Crippen MR) is 92.8 cm³/mol. The van der Waals surface area contributed by atoms with E-state index < -0.39 is 5.97 Å². The van der Waals surface area contributed by atoms with E-state index in [1.165, 1.54) is 5.56 Å². The average molecular weight is 337 g/mol. The van der Waals surface area contributed by atoms with Crippen molar-refractivity contribution in [2.24, 2.45) is 5.92 Å². The highest BCUT2D eigenvalue weighted by molar-refractivity contribution is 5.81. The molecule has 1 aromatic carbocycles. The van der Waals surface area contributed by atoms with Crippen molar-refractivity contribution in [3.63, 3.8) is 0 Å². The number of methoxy groups -OCH3 is 1. The van der Waals surface area contributed by atoms with Crippen LogP contribution in [0.2, 0.25) is 0 Å². The fraction of sp³-hybridized carbons (Fsp3) is 0.316. The first kappa shape index (κ1) is 15.6. The molecule has 6 nitrogen and oxygen atoms in total. The number of hydrogen-bond acceptors (Lipinski definition) is 4. The summed E-state index contributed by atoms with van der Waals surface area (Å²) >= 11 is 0. The Labute approximate surface area is 145 Å². The summed E-state index contributed by atoms with van der Waals surface area (Å²) in [4.78, 5) is 15.8. The molecule has 3 aromatic rings. The van der Waals surface area contributed by atoms with Gasteiger partial charge >= 0.3 is 5.97 Å². The van der Waals surface area contributed by atoms with Crippen molar-refractivity contribution < 1.29 is 14.6 Å². The molecule has 4 rings (SSSR count). The van der Waals surface area contributed by atoms with Crippen LogP contribution in [0.5, 0.6) is 5.75 Å². The summed E-state index contributed by atoms with van der Waals surface area (Å²) in [5, 5.41) is 14.8. The highest BCUT2D eigenvalue weighted by atomic mass is 16.5. The fourth-order valence-electron chi connectivity index (χ4n) is 3.51. The number of ether oxygens (including phenoxy) is 1. The van der Waals surface area contributed by atoms with E-state index in [1.54, 1.807) is 7.11 Å². The molecule has 25 heavy (non-hydrogen) atoms. The topological polar surface area (TPSA) is 77.2 Å². The SMILES string of the molecule is COc1ccc(Cn2ncc3c4c(cnc32)CC(C(=O)O)CC4)cc1. The standard InChI is InChI=1S/C19H19N3O3/c1-25-15-5-2-12(3-6-15)11-22-18-17(10-21-22)16-7-4-13(19(23)24)8-14(16)9-20-18/h2-3,5-6,9-10,13H,4,7-8,11H2,1H3,(H,23,24). The molecule has 1 N–H and O–H groups in total. The van der Waals surface area contributed by atoms with Crippen LogP contribution in [-0.2, 0) is 24.2 Å². The number of rotatable bonds is 4. The van der Waals surface area contributed by atoms with Gasteiger partial charge in [0.05, 0.1) is 25.8 Å². The number of carboxylic acids is 1. The number of aliphatic carboxylic acids is 1. The highest BCUT2D eigenvalue weighted by Crippen LogP contribution is 2.30. The molecule has 1 aliphatic carbocycles. The van der Waals surface area contributed by atoms with Crippen molar-refractivity contribution >= 4 is 17.0 Å². The van der Waals surface area contributed by atoms with E-state index in [4.69, 9.17) is 4.74 Å². The predicted octanol–water partition coefficient (Wildman–Crippen LogP) is 2.68. The number of fused-ring (bicyclic) bond motifs is 3. The van der Waals surface area contributed by atoms with Gasteiger partial charge in [0.25, 0.3) is 0 Å². The van der Waals surface area contributed by atoms with Gasteiger partial charge in [0.15, 0.2) is 5.65 Å². The Morgan fingerprint density at radius 3 is 2.84 bits per heavy atom. The van der Waals surface area contributed by atoms with Crippen molar-refractivity contribution in [2.75, 3.05) is 7.11 Å². The number of carbonyl (C=O) groups is 1. The summed E-state index contributed by atoms with van der Waals surface area (Å²) in [6.07, 6.45) is 5.66. The number of pyridine rings is 1. The lowest BCUT2D eigenvalue weighted by Crippen LogP contribution is -2.22. The number of benzene rings is 1. The molecular formula is C19H19N3O3.